The van der Waals surface area contributed by atoms with Crippen molar-refractivity contribution in [2.45, 2.75) is 5.60 Å². The van der Waals surface area contributed by atoms with E-state index in [2.05, 4.69) is 10.3 Å². The molecule has 0 radical (unpaired) electrons. The molecule has 0 fully saturated rings. The highest BCUT2D eigenvalue weighted by Gasteiger charge is 2.33. The predicted molar refractivity (Wildman–Crippen MR) is 109 cm³/mol. The van der Waals surface area contributed by atoms with Gasteiger partial charge in [-0.15, -0.1) is 11.3 Å². The molecule has 138 valence electrons. The van der Waals surface area contributed by atoms with Crippen LogP contribution in [0, 0.1) is 0 Å². The number of benzene rings is 1. The highest BCUT2D eigenvalue weighted by Crippen LogP contribution is 2.33. The van der Waals surface area contributed by atoms with E-state index in [0.29, 0.717) is 5.69 Å². The second-order valence-electron chi connectivity index (χ2n) is 6.17. The molecule has 0 bridgehead atoms. The number of hydrogen-bond donors (Lipinski definition) is 3. The number of fused-ring (bicyclic) bond motifs is 1. The summed E-state index contributed by atoms with van der Waals surface area (Å²) in [6, 6.07) is 13.0. The van der Waals surface area contributed by atoms with Gasteiger partial charge < -0.3 is 20.1 Å². The van der Waals surface area contributed by atoms with E-state index in [0.717, 1.165) is 27.1 Å². The molecule has 0 saturated heterocycles. The number of ether oxygens (including phenoxy) is 1. The van der Waals surface area contributed by atoms with Crippen molar-refractivity contribution in [3.63, 3.8) is 0 Å². The molecule has 1 atom stereocenters. The van der Waals surface area contributed by atoms with Crippen molar-refractivity contribution in [2.24, 2.45) is 0 Å². The number of methoxy groups -OCH3 is 1. The zero-order chi connectivity index (χ0) is 18.9. The van der Waals surface area contributed by atoms with Crippen LogP contribution in [0.4, 0.5) is 0 Å². The lowest BCUT2D eigenvalue weighted by molar-refractivity contribution is 0.0718. The van der Waals surface area contributed by atoms with Gasteiger partial charge in [0.15, 0.2) is 0 Å². The fraction of sp³-hybridized carbons (Fsp3) is 0.150. The maximum atomic E-state index is 12.7. The lowest BCUT2D eigenvalue weighted by Crippen LogP contribution is -2.41. The van der Waals surface area contributed by atoms with Gasteiger partial charge in [0.25, 0.3) is 5.91 Å². The van der Waals surface area contributed by atoms with Gasteiger partial charge in [-0.25, -0.2) is 0 Å². The molecular weight excluding hydrogens is 380 g/mol. The van der Waals surface area contributed by atoms with E-state index in [9.17, 15) is 9.90 Å². The lowest BCUT2D eigenvalue weighted by Gasteiger charge is -2.26. The van der Waals surface area contributed by atoms with Crippen LogP contribution in [-0.4, -0.2) is 29.7 Å². The van der Waals surface area contributed by atoms with E-state index >= 15 is 0 Å². The van der Waals surface area contributed by atoms with Crippen LogP contribution in [0.3, 0.4) is 0 Å². The molecule has 4 aromatic rings. The highest BCUT2D eigenvalue weighted by molar-refractivity contribution is 7.10. The molecule has 3 N–H and O–H groups in total. The number of nitrogens with one attached hydrogen (secondary N) is 2. The topological polar surface area (TPSA) is 74.3 Å². The highest BCUT2D eigenvalue weighted by atomic mass is 32.1. The number of aliphatic hydroxyl groups is 1. The number of thiophene rings is 2. The first-order valence-corrected chi connectivity index (χ1v) is 10.2. The van der Waals surface area contributed by atoms with Crippen molar-refractivity contribution in [3.8, 4) is 5.75 Å². The summed E-state index contributed by atoms with van der Waals surface area (Å²) < 4.78 is 5.22. The fourth-order valence-corrected chi connectivity index (χ4v) is 4.57. The number of H-pyrrole nitrogens is 1. The SMILES string of the molecule is COc1ccc2cc(C(=O)NCC(O)(c3ccsc3)c3cccs3)[nH]c2c1. The van der Waals surface area contributed by atoms with E-state index in [1.54, 1.807) is 13.2 Å². The van der Waals surface area contributed by atoms with Gasteiger partial charge in [0.2, 0.25) is 0 Å². The van der Waals surface area contributed by atoms with Crippen molar-refractivity contribution in [3.05, 3.63) is 74.7 Å². The monoisotopic (exact) mass is 398 g/mol. The first-order valence-electron chi connectivity index (χ1n) is 8.34. The van der Waals surface area contributed by atoms with Crippen molar-refractivity contribution in [1.82, 2.24) is 10.3 Å². The van der Waals surface area contributed by atoms with Gasteiger partial charge in [0, 0.05) is 27.4 Å². The number of hydrogen-bond acceptors (Lipinski definition) is 5. The second-order valence-corrected chi connectivity index (χ2v) is 7.90. The third kappa shape index (κ3) is 3.37. The van der Waals surface area contributed by atoms with Crippen LogP contribution in [0.1, 0.15) is 20.9 Å². The maximum Gasteiger partial charge on any atom is 0.267 e. The molecule has 7 heteroatoms. The van der Waals surface area contributed by atoms with Crippen molar-refractivity contribution in [1.29, 1.82) is 0 Å². The molecule has 27 heavy (non-hydrogen) atoms. The Bertz CT molecular complexity index is 1020. The standard InChI is InChI=1S/C20H18N2O3S2/c1-25-15-5-4-13-9-17(22-16(13)10-15)19(23)21-12-20(24,14-6-8-26-11-14)18-3-2-7-27-18/h2-11,22,24H,12H2,1H3,(H,21,23). The number of carbonyl (C=O) groups excluding carboxylic acids is 1. The summed E-state index contributed by atoms with van der Waals surface area (Å²) in [5.41, 5.74) is 0.790. The molecule has 3 aromatic heterocycles. The number of aromatic amines is 1. The number of rotatable bonds is 6. The summed E-state index contributed by atoms with van der Waals surface area (Å²) in [4.78, 5) is 16.6. The molecule has 1 aromatic carbocycles. The minimum atomic E-state index is -1.25. The van der Waals surface area contributed by atoms with Crippen LogP contribution in [-0.2, 0) is 5.60 Å². The van der Waals surface area contributed by atoms with Gasteiger partial charge >= 0.3 is 0 Å². The summed E-state index contributed by atoms with van der Waals surface area (Å²) in [6.07, 6.45) is 0. The Morgan fingerprint density at radius 3 is 2.85 bits per heavy atom. The molecule has 0 aliphatic rings. The van der Waals surface area contributed by atoms with Gasteiger partial charge in [0.05, 0.1) is 13.7 Å². The summed E-state index contributed by atoms with van der Waals surface area (Å²) in [6.45, 7) is 0.0851. The zero-order valence-corrected chi connectivity index (χ0v) is 16.2. The van der Waals surface area contributed by atoms with Crippen molar-refractivity contribution >= 4 is 39.5 Å². The average molecular weight is 399 g/mol. The third-order valence-corrected chi connectivity index (χ3v) is 6.21. The summed E-state index contributed by atoms with van der Waals surface area (Å²) in [5, 5.41) is 20.8. The lowest BCUT2D eigenvalue weighted by atomic mass is 9.94. The Hall–Kier alpha value is -2.61. The Labute approximate surface area is 164 Å². The van der Waals surface area contributed by atoms with Crippen LogP contribution in [0.25, 0.3) is 10.9 Å². The largest absolute Gasteiger partial charge is 0.497 e. The quantitative estimate of drug-likeness (QED) is 0.460. The van der Waals surface area contributed by atoms with Gasteiger partial charge in [0.1, 0.15) is 17.0 Å². The van der Waals surface area contributed by atoms with Crippen molar-refractivity contribution in [2.75, 3.05) is 13.7 Å². The molecule has 5 nitrogen and oxygen atoms in total. The van der Waals surface area contributed by atoms with Crippen LogP contribution < -0.4 is 10.1 Å². The van der Waals surface area contributed by atoms with Crippen LogP contribution in [0.2, 0.25) is 0 Å². The molecule has 1 unspecified atom stereocenters. The molecule has 3 heterocycles. The molecule has 1 amide bonds. The molecular formula is C20H18N2O3S2. The Kier molecular flexibility index (Phi) is 4.73. The van der Waals surface area contributed by atoms with Gasteiger partial charge in [-0.1, -0.05) is 6.07 Å². The third-order valence-electron chi connectivity index (χ3n) is 4.51. The average Bonchev–Trinajstić information content (AvgIpc) is 3.45. The normalized spacial score (nSPS) is 13.4. The zero-order valence-electron chi connectivity index (χ0n) is 14.6. The fourth-order valence-electron chi connectivity index (χ4n) is 3.00. The minimum Gasteiger partial charge on any atom is -0.497 e. The van der Waals surface area contributed by atoms with Gasteiger partial charge in [-0.3, -0.25) is 4.79 Å². The van der Waals surface area contributed by atoms with E-state index in [1.807, 2.05) is 52.5 Å². The Morgan fingerprint density at radius 2 is 2.15 bits per heavy atom. The number of carbonyl (C=O) groups is 1. The summed E-state index contributed by atoms with van der Waals surface area (Å²) >= 11 is 2.98. The van der Waals surface area contributed by atoms with Crippen LogP contribution in [0.15, 0.2) is 58.6 Å². The van der Waals surface area contributed by atoms with Crippen molar-refractivity contribution < 1.29 is 14.6 Å². The molecule has 0 saturated carbocycles. The maximum absolute atomic E-state index is 12.7. The first-order chi connectivity index (χ1) is 13.1. The Morgan fingerprint density at radius 1 is 1.26 bits per heavy atom. The molecule has 4 rings (SSSR count). The minimum absolute atomic E-state index is 0.0851. The second kappa shape index (κ2) is 7.19. The molecule has 0 aliphatic carbocycles. The predicted octanol–water partition coefficient (Wildman–Crippen LogP) is 3.97. The van der Waals surface area contributed by atoms with E-state index < -0.39 is 5.60 Å². The van der Waals surface area contributed by atoms with E-state index in [-0.39, 0.29) is 12.5 Å². The van der Waals surface area contributed by atoms with E-state index in [1.165, 1.54) is 22.7 Å². The summed E-state index contributed by atoms with van der Waals surface area (Å²) in [7, 11) is 1.60. The van der Waals surface area contributed by atoms with E-state index in [4.69, 9.17) is 4.74 Å². The number of amides is 1. The van der Waals surface area contributed by atoms with Crippen LogP contribution in [0.5, 0.6) is 5.75 Å². The number of aromatic nitrogens is 1. The molecule has 0 aliphatic heterocycles. The molecule has 0 spiro atoms. The summed E-state index contributed by atoms with van der Waals surface area (Å²) in [5.74, 6) is 0.455. The van der Waals surface area contributed by atoms with Gasteiger partial charge in [-0.05, 0) is 46.5 Å². The smallest absolute Gasteiger partial charge is 0.267 e. The van der Waals surface area contributed by atoms with Crippen LogP contribution >= 0.6 is 22.7 Å². The Balaban J connectivity index is 1.57. The van der Waals surface area contributed by atoms with Gasteiger partial charge in [-0.2, -0.15) is 11.3 Å². The first kappa shape index (κ1) is 17.8.